The van der Waals surface area contributed by atoms with E-state index in [9.17, 15) is 4.39 Å². The van der Waals surface area contributed by atoms with E-state index in [2.05, 4.69) is 22.0 Å². The van der Waals surface area contributed by atoms with Crippen LogP contribution in [0.15, 0.2) is 48.8 Å². The number of aromatic nitrogens is 1. The molecule has 0 saturated carbocycles. The first-order chi connectivity index (χ1) is 9.83. The molecule has 104 valence electrons. The summed E-state index contributed by atoms with van der Waals surface area (Å²) < 4.78 is 13.4. The maximum Gasteiger partial charge on any atom is 0.123 e. The second kappa shape index (κ2) is 6.14. The van der Waals surface area contributed by atoms with E-state index < -0.39 is 0 Å². The predicted octanol–water partition coefficient (Wildman–Crippen LogP) is 3.60. The molecule has 1 aliphatic heterocycles. The smallest absolute Gasteiger partial charge is 0.123 e. The quantitative estimate of drug-likeness (QED) is 0.844. The van der Waals surface area contributed by atoms with E-state index in [0.717, 1.165) is 31.5 Å². The minimum atomic E-state index is -0.136. The van der Waals surface area contributed by atoms with Crippen molar-refractivity contribution in [2.75, 3.05) is 13.1 Å². The van der Waals surface area contributed by atoms with E-state index in [0.29, 0.717) is 6.04 Å². The van der Waals surface area contributed by atoms with Crippen molar-refractivity contribution in [1.82, 2.24) is 9.88 Å². The number of halogens is 1. The molecule has 0 N–H and O–H groups in total. The summed E-state index contributed by atoms with van der Waals surface area (Å²) in [7, 11) is 0. The summed E-state index contributed by atoms with van der Waals surface area (Å²) in [6.45, 7) is 2.12. The van der Waals surface area contributed by atoms with Crippen molar-refractivity contribution in [1.29, 1.82) is 0 Å². The zero-order valence-corrected chi connectivity index (χ0v) is 11.5. The van der Waals surface area contributed by atoms with Gasteiger partial charge in [0.15, 0.2) is 0 Å². The Morgan fingerprint density at radius 2 is 2.05 bits per heavy atom. The number of rotatable bonds is 4. The summed E-state index contributed by atoms with van der Waals surface area (Å²) >= 11 is 0. The standard InChI is InChI=1S/C17H19FN2/c18-16-4-1-3-15(13-16)17-5-2-11-20(17)12-8-14-6-9-19-10-7-14/h1,3-4,6-7,9-10,13,17H,2,5,8,11-12H2. The third kappa shape index (κ3) is 3.05. The van der Waals surface area contributed by atoms with Gasteiger partial charge in [0.25, 0.3) is 0 Å². The Morgan fingerprint density at radius 3 is 2.85 bits per heavy atom. The summed E-state index contributed by atoms with van der Waals surface area (Å²) in [4.78, 5) is 6.51. The average molecular weight is 270 g/mol. The highest BCUT2D eigenvalue weighted by Crippen LogP contribution is 2.32. The Hall–Kier alpha value is -1.74. The van der Waals surface area contributed by atoms with Gasteiger partial charge in [0, 0.05) is 25.0 Å². The molecule has 0 bridgehead atoms. The number of likely N-dealkylation sites (tertiary alicyclic amines) is 1. The van der Waals surface area contributed by atoms with Gasteiger partial charge >= 0.3 is 0 Å². The number of pyridine rings is 1. The van der Waals surface area contributed by atoms with Crippen molar-refractivity contribution in [2.45, 2.75) is 25.3 Å². The van der Waals surface area contributed by atoms with Crippen molar-refractivity contribution in [3.63, 3.8) is 0 Å². The van der Waals surface area contributed by atoms with Crippen LogP contribution in [-0.2, 0) is 6.42 Å². The summed E-state index contributed by atoms with van der Waals surface area (Å²) in [6, 6.07) is 11.5. The summed E-state index contributed by atoms with van der Waals surface area (Å²) in [5, 5.41) is 0. The Bertz CT molecular complexity index is 556. The number of hydrogen-bond acceptors (Lipinski definition) is 2. The summed E-state index contributed by atoms with van der Waals surface area (Å²) in [5.41, 5.74) is 2.42. The lowest BCUT2D eigenvalue weighted by Crippen LogP contribution is -2.25. The molecule has 1 fully saturated rings. The van der Waals surface area contributed by atoms with E-state index in [1.165, 1.54) is 18.1 Å². The van der Waals surface area contributed by atoms with Crippen LogP contribution in [0.4, 0.5) is 4.39 Å². The molecule has 2 aromatic rings. The van der Waals surface area contributed by atoms with E-state index in [-0.39, 0.29) is 5.82 Å². The Labute approximate surface area is 119 Å². The van der Waals surface area contributed by atoms with Gasteiger partial charge in [-0.3, -0.25) is 9.88 Å². The van der Waals surface area contributed by atoms with E-state index in [4.69, 9.17) is 0 Å². The SMILES string of the molecule is Fc1cccc(C2CCCN2CCc2ccncc2)c1. The zero-order valence-electron chi connectivity index (χ0n) is 11.5. The molecular formula is C17H19FN2. The van der Waals surface area contributed by atoms with Crippen LogP contribution in [0.2, 0.25) is 0 Å². The largest absolute Gasteiger partial charge is 0.296 e. The molecule has 1 aliphatic rings. The van der Waals surface area contributed by atoms with Crippen LogP contribution in [0.1, 0.15) is 30.0 Å². The highest BCUT2D eigenvalue weighted by Gasteiger charge is 2.25. The van der Waals surface area contributed by atoms with Gasteiger partial charge in [-0.05, 0) is 61.2 Å². The maximum atomic E-state index is 13.4. The van der Waals surface area contributed by atoms with E-state index in [1.54, 1.807) is 6.07 Å². The topological polar surface area (TPSA) is 16.1 Å². The first-order valence-electron chi connectivity index (χ1n) is 7.21. The predicted molar refractivity (Wildman–Crippen MR) is 77.9 cm³/mol. The molecule has 1 unspecified atom stereocenters. The zero-order chi connectivity index (χ0) is 13.8. The van der Waals surface area contributed by atoms with Crippen LogP contribution >= 0.6 is 0 Å². The second-order valence-corrected chi connectivity index (χ2v) is 5.35. The Balaban J connectivity index is 1.67. The van der Waals surface area contributed by atoms with Crippen LogP contribution < -0.4 is 0 Å². The first-order valence-corrected chi connectivity index (χ1v) is 7.21. The van der Waals surface area contributed by atoms with Crippen molar-refractivity contribution in [3.8, 4) is 0 Å². The second-order valence-electron chi connectivity index (χ2n) is 5.35. The molecule has 0 amide bonds. The number of nitrogens with zero attached hydrogens (tertiary/aromatic N) is 2. The molecule has 1 aromatic carbocycles. The highest BCUT2D eigenvalue weighted by atomic mass is 19.1. The van der Waals surface area contributed by atoms with Gasteiger partial charge in [-0.1, -0.05) is 12.1 Å². The monoisotopic (exact) mass is 270 g/mol. The van der Waals surface area contributed by atoms with Crippen LogP contribution in [0.5, 0.6) is 0 Å². The fourth-order valence-corrected chi connectivity index (χ4v) is 3.01. The number of hydrogen-bond donors (Lipinski definition) is 0. The Kier molecular flexibility index (Phi) is 4.07. The molecule has 0 aliphatic carbocycles. The molecule has 0 spiro atoms. The van der Waals surface area contributed by atoms with Crippen LogP contribution in [-0.4, -0.2) is 23.0 Å². The van der Waals surface area contributed by atoms with Gasteiger partial charge in [0.2, 0.25) is 0 Å². The summed E-state index contributed by atoms with van der Waals surface area (Å²) in [5.74, 6) is -0.136. The minimum absolute atomic E-state index is 0.136. The third-order valence-electron chi connectivity index (χ3n) is 4.03. The molecule has 1 aromatic heterocycles. The minimum Gasteiger partial charge on any atom is -0.296 e. The van der Waals surface area contributed by atoms with Gasteiger partial charge in [-0.15, -0.1) is 0 Å². The molecule has 2 heterocycles. The average Bonchev–Trinajstić information content (AvgIpc) is 2.95. The van der Waals surface area contributed by atoms with Gasteiger partial charge in [0.1, 0.15) is 5.82 Å². The fraction of sp³-hybridized carbons (Fsp3) is 0.353. The van der Waals surface area contributed by atoms with Crippen molar-refractivity contribution < 1.29 is 4.39 Å². The molecule has 3 rings (SSSR count). The molecule has 0 radical (unpaired) electrons. The van der Waals surface area contributed by atoms with E-state index >= 15 is 0 Å². The summed E-state index contributed by atoms with van der Waals surface area (Å²) in [6.07, 6.45) is 7.01. The molecule has 1 saturated heterocycles. The normalized spacial score (nSPS) is 19.4. The van der Waals surface area contributed by atoms with Crippen LogP contribution in [0.3, 0.4) is 0 Å². The van der Waals surface area contributed by atoms with Gasteiger partial charge < -0.3 is 0 Å². The first kappa shape index (κ1) is 13.3. The molecule has 20 heavy (non-hydrogen) atoms. The van der Waals surface area contributed by atoms with Crippen molar-refractivity contribution in [2.24, 2.45) is 0 Å². The van der Waals surface area contributed by atoms with Crippen molar-refractivity contribution >= 4 is 0 Å². The molecular weight excluding hydrogens is 251 g/mol. The maximum absolute atomic E-state index is 13.4. The van der Waals surface area contributed by atoms with Crippen LogP contribution in [0.25, 0.3) is 0 Å². The molecule has 1 atom stereocenters. The lowest BCUT2D eigenvalue weighted by molar-refractivity contribution is 0.260. The lowest BCUT2D eigenvalue weighted by Gasteiger charge is -2.24. The van der Waals surface area contributed by atoms with Gasteiger partial charge in [-0.2, -0.15) is 0 Å². The Morgan fingerprint density at radius 1 is 1.20 bits per heavy atom. The highest BCUT2D eigenvalue weighted by molar-refractivity contribution is 5.21. The third-order valence-corrected chi connectivity index (χ3v) is 4.03. The molecule has 2 nitrogen and oxygen atoms in total. The van der Waals surface area contributed by atoms with Gasteiger partial charge in [-0.25, -0.2) is 4.39 Å². The number of benzene rings is 1. The van der Waals surface area contributed by atoms with Crippen molar-refractivity contribution in [3.05, 3.63) is 65.7 Å². The van der Waals surface area contributed by atoms with Crippen LogP contribution in [0, 0.1) is 5.82 Å². The van der Waals surface area contributed by atoms with Gasteiger partial charge in [0.05, 0.1) is 0 Å². The lowest BCUT2D eigenvalue weighted by atomic mass is 10.0. The molecule has 3 heteroatoms. The van der Waals surface area contributed by atoms with E-state index in [1.807, 2.05) is 24.5 Å². The fourth-order valence-electron chi connectivity index (χ4n) is 3.01.